The number of aryl methyl sites for hydroxylation is 1. The van der Waals surface area contributed by atoms with E-state index >= 15 is 0 Å². The Morgan fingerprint density at radius 1 is 1.00 bits per heavy atom. The number of ether oxygens (including phenoxy) is 1. The van der Waals surface area contributed by atoms with Crippen LogP contribution in [0.5, 0.6) is 5.75 Å². The molecule has 1 atom stereocenters. The maximum Gasteiger partial charge on any atom is 0.265 e. The molecular formula is C20H24N2O3. The molecule has 0 aliphatic carbocycles. The molecule has 0 aromatic heterocycles. The van der Waals surface area contributed by atoms with Crippen LogP contribution in [0.15, 0.2) is 42.5 Å². The van der Waals surface area contributed by atoms with E-state index < -0.39 is 6.10 Å². The van der Waals surface area contributed by atoms with Crippen molar-refractivity contribution in [3.05, 3.63) is 53.6 Å². The molecule has 0 saturated carbocycles. The number of hydrogen-bond acceptors (Lipinski definition) is 3. The van der Waals surface area contributed by atoms with Gasteiger partial charge in [-0.05, 0) is 50.6 Å². The van der Waals surface area contributed by atoms with Crippen LogP contribution in [0.4, 0.5) is 11.4 Å². The van der Waals surface area contributed by atoms with E-state index in [-0.39, 0.29) is 11.8 Å². The summed E-state index contributed by atoms with van der Waals surface area (Å²) in [4.78, 5) is 24.0. The maximum absolute atomic E-state index is 12.4. The Bertz CT molecular complexity index is 754. The first-order valence-electron chi connectivity index (χ1n) is 8.34. The van der Waals surface area contributed by atoms with Gasteiger partial charge >= 0.3 is 0 Å². The van der Waals surface area contributed by atoms with Crippen LogP contribution in [0.25, 0.3) is 0 Å². The molecule has 2 aromatic carbocycles. The summed E-state index contributed by atoms with van der Waals surface area (Å²) in [7, 11) is 0. The highest BCUT2D eigenvalue weighted by molar-refractivity contribution is 5.97. The van der Waals surface area contributed by atoms with Crippen LogP contribution in [0.2, 0.25) is 0 Å². The van der Waals surface area contributed by atoms with Crippen LogP contribution < -0.4 is 15.4 Å². The predicted molar refractivity (Wildman–Crippen MR) is 100.0 cm³/mol. The van der Waals surface area contributed by atoms with Crippen molar-refractivity contribution in [2.24, 2.45) is 0 Å². The van der Waals surface area contributed by atoms with E-state index in [1.165, 1.54) is 0 Å². The van der Waals surface area contributed by atoms with Gasteiger partial charge < -0.3 is 15.4 Å². The average molecular weight is 340 g/mol. The molecule has 2 amide bonds. The van der Waals surface area contributed by atoms with E-state index in [0.717, 1.165) is 11.1 Å². The lowest BCUT2D eigenvalue weighted by molar-refractivity contribution is -0.122. The largest absolute Gasteiger partial charge is 0.481 e. The molecule has 1 unspecified atom stereocenters. The van der Waals surface area contributed by atoms with E-state index in [0.29, 0.717) is 23.5 Å². The van der Waals surface area contributed by atoms with Crippen molar-refractivity contribution in [2.75, 3.05) is 10.6 Å². The lowest BCUT2D eigenvalue weighted by Crippen LogP contribution is -2.30. The zero-order valence-corrected chi connectivity index (χ0v) is 15.1. The average Bonchev–Trinajstić information content (AvgIpc) is 2.60. The van der Waals surface area contributed by atoms with Gasteiger partial charge in [0, 0.05) is 17.8 Å². The van der Waals surface area contributed by atoms with Crippen molar-refractivity contribution in [1.82, 2.24) is 0 Å². The third kappa shape index (κ3) is 5.08. The van der Waals surface area contributed by atoms with Gasteiger partial charge in [0.05, 0.1) is 0 Å². The molecule has 5 nitrogen and oxygen atoms in total. The minimum atomic E-state index is -0.643. The summed E-state index contributed by atoms with van der Waals surface area (Å²) in [5.41, 5.74) is 3.28. The second-order valence-electron chi connectivity index (χ2n) is 5.94. The van der Waals surface area contributed by atoms with Crippen molar-refractivity contribution < 1.29 is 14.3 Å². The zero-order valence-electron chi connectivity index (χ0n) is 15.1. The van der Waals surface area contributed by atoms with E-state index in [4.69, 9.17) is 4.74 Å². The lowest BCUT2D eigenvalue weighted by Gasteiger charge is -2.17. The fourth-order valence-electron chi connectivity index (χ4n) is 2.25. The molecule has 0 bridgehead atoms. The van der Waals surface area contributed by atoms with Crippen LogP contribution in [-0.2, 0) is 9.59 Å². The Hall–Kier alpha value is -2.82. The second kappa shape index (κ2) is 8.33. The van der Waals surface area contributed by atoms with Gasteiger partial charge in [-0.25, -0.2) is 0 Å². The van der Waals surface area contributed by atoms with E-state index in [2.05, 4.69) is 10.6 Å². The fraction of sp³-hybridized carbons (Fsp3) is 0.300. The smallest absolute Gasteiger partial charge is 0.265 e. The highest BCUT2D eigenvalue weighted by atomic mass is 16.5. The molecule has 0 heterocycles. The Balaban J connectivity index is 2.05. The van der Waals surface area contributed by atoms with Crippen molar-refractivity contribution in [2.45, 2.75) is 40.2 Å². The van der Waals surface area contributed by atoms with Crippen molar-refractivity contribution in [3.63, 3.8) is 0 Å². The Morgan fingerprint density at radius 3 is 2.20 bits per heavy atom. The Kier molecular flexibility index (Phi) is 6.17. The van der Waals surface area contributed by atoms with E-state index in [9.17, 15) is 9.59 Å². The fourth-order valence-corrected chi connectivity index (χ4v) is 2.25. The molecule has 0 saturated heterocycles. The molecular weight excluding hydrogens is 316 g/mol. The zero-order chi connectivity index (χ0) is 18.4. The van der Waals surface area contributed by atoms with Crippen LogP contribution in [-0.4, -0.2) is 17.9 Å². The van der Waals surface area contributed by atoms with E-state index in [1.807, 2.05) is 44.2 Å². The summed E-state index contributed by atoms with van der Waals surface area (Å²) in [5.74, 6) is 0.333. The minimum Gasteiger partial charge on any atom is -0.481 e. The number of benzene rings is 2. The number of carbonyl (C=O) groups is 2. The standard InChI is InChI=1S/C20H24N2O3/c1-5-19(23)21-17-7-6-8-18(14(17)3)22-20(24)15(4)25-16-11-9-13(2)10-12-16/h6-12,15H,5H2,1-4H3,(H,21,23)(H,22,24). The van der Waals surface area contributed by atoms with Crippen LogP contribution in [0.1, 0.15) is 31.4 Å². The number of carbonyl (C=O) groups excluding carboxylic acids is 2. The SMILES string of the molecule is CCC(=O)Nc1cccc(NC(=O)C(C)Oc2ccc(C)cc2)c1C. The van der Waals surface area contributed by atoms with Gasteiger partial charge in [-0.1, -0.05) is 30.7 Å². The van der Waals surface area contributed by atoms with Crippen LogP contribution in [0, 0.1) is 13.8 Å². The first-order valence-corrected chi connectivity index (χ1v) is 8.34. The Labute approximate surface area is 148 Å². The number of amides is 2. The summed E-state index contributed by atoms with van der Waals surface area (Å²) in [6.07, 6.45) is -0.242. The van der Waals surface area contributed by atoms with Gasteiger partial charge in [0.15, 0.2) is 6.10 Å². The first-order chi connectivity index (χ1) is 11.9. The van der Waals surface area contributed by atoms with Crippen molar-refractivity contribution >= 4 is 23.2 Å². The molecule has 0 aliphatic heterocycles. The normalized spacial score (nSPS) is 11.5. The quantitative estimate of drug-likeness (QED) is 0.833. The molecule has 0 aliphatic rings. The third-order valence-corrected chi connectivity index (χ3v) is 3.89. The van der Waals surface area contributed by atoms with Crippen LogP contribution in [0.3, 0.4) is 0 Å². The molecule has 2 aromatic rings. The molecule has 0 fully saturated rings. The van der Waals surface area contributed by atoms with Gasteiger partial charge in [-0.3, -0.25) is 9.59 Å². The summed E-state index contributed by atoms with van der Waals surface area (Å²) in [6, 6.07) is 12.9. The topological polar surface area (TPSA) is 67.4 Å². The highest BCUT2D eigenvalue weighted by Crippen LogP contribution is 2.24. The van der Waals surface area contributed by atoms with Crippen molar-refractivity contribution in [3.8, 4) is 5.75 Å². The number of hydrogen-bond donors (Lipinski definition) is 2. The third-order valence-electron chi connectivity index (χ3n) is 3.89. The molecule has 132 valence electrons. The maximum atomic E-state index is 12.4. The molecule has 25 heavy (non-hydrogen) atoms. The van der Waals surface area contributed by atoms with E-state index in [1.54, 1.807) is 26.0 Å². The minimum absolute atomic E-state index is 0.0670. The summed E-state index contributed by atoms with van der Waals surface area (Å²) in [6.45, 7) is 7.34. The molecule has 2 N–H and O–H groups in total. The molecule has 0 spiro atoms. The lowest BCUT2D eigenvalue weighted by atomic mass is 10.1. The first kappa shape index (κ1) is 18.5. The second-order valence-corrected chi connectivity index (χ2v) is 5.94. The Morgan fingerprint density at radius 2 is 1.60 bits per heavy atom. The van der Waals surface area contributed by atoms with Gasteiger partial charge in [0.2, 0.25) is 5.91 Å². The van der Waals surface area contributed by atoms with Gasteiger partial charge in [-0.15, -0.1) is 0 Å². The summed E-state index contributed by atoms with van der Waals surface area (Å²) in [5, 5.41) is 5.68. The summed E-state index contributed by atoms with van der Waals surface area (Å²) < 4.78 is 5.67. The molecule has 2 rings (SSSR count). The molecule has 5 heteroatoms. The monoisotopic (exact) mass is 340 g/mol. The number of anilines is 2. The van der Waals surface area contributed by atoms with Crippen LogP contribution >= 0.6 is 0 Å². The highest BCUT2D eigenvalue weighted by Gasteiger charge is 2.16. The summed E-state index contributed by atoms with van der Waals surface area (Å²) >= 11 is 0. The van der Waals surface area contributed by atoms with Gasteiger partial charge in [-0.2, -0.15) is 0 Å². The predicted octanol–water partition coefficient (Wildman–Crippen LogP) is 4.06. The molecule has 0 radical (unpaired) electrons. The number of nitrogens with one attached hydrogen (secondary N) is 2. The van der Waals surface area contributed by atoms with Crippen molar-refractivity contribution in [1.29, 1.82) is 0 Å². The van der Waals surface area contributed by atoms with Gasteiger partial charge in [0.1, 0.15) is 5.75 Å². The number of rotatable bonds is 6. The van der Waals surface area contributed by atoms with Gasteiger partial charge in [0.25, 0.3) is 5.91 Å².